The first-order chi connectivity index (χ1) is 12.2. The maximum Gasteiger partial charge on any atom is 0.151 e. The molecule has 3 atom stereocenters. The lowest BCUT2D eigenvalue weighted by Gasteiger charge is -2.23. The van der Waals surface area contributed by atoms with E-state index in [1.54, 1.807) is 30.6 Å². The smallest absolute Gasteiger partial charge is 0.151 e. The summed E-state index contributed by atoms with van der Waals surface area (Å²) in [5.41, 5.74) is 6.22. The number of aliphatic hydroxyl groups is 1. The third-order valence-electron chi connectivity index (χ3n) is 4.10. The molecule has 3 rings (SSSR count). The maximum absolute atomic E-state index is 10.5. The molecule has 0 aliphatic carbocycles. The number of rotatable bonds is 6. The van der Waals surface area contributed by atoms with Crippen molar-refractivity contribution in [2.24, 2.45) is 11.7 Å². The number of hydrogen-bond acceptors (Lipinski definition) is 6. The lowest BCUT2D eigenvalue weighted by Crippen LogP contribution is -2.38. The Labute approximate surface area is 157 Å². The molecule has 0 bridgehead atoms. The minimum Gasteiger partial charge on any atom is -0.496 e. The second-order valence-corrected chi connectivity index (χ2v) is 8.08. The van der Waals surface area contributed by atoms with Crippen LogP contribution in [-0.2, 0) is 0 Å². The number of hydrogen-bond donors (Lipinski definition) is 2. The Hall–Kier alpha value is -1.34. The van der Waals surface area contributed by atoms with Gasteiger partial charge in [-0.25, -0.2) is 0 Å². The van der Waals surface area contributed by atoms with Gasteiger partial charge in [0.1, 0.15) is 11.5 Å². The van der Waals surface area contributed by atoms with E-state index in [4.69, 9.17) is 15.2 Å². The molecule has 1 aliphatic rings. The predicted octanol–water partition coefficient (Wildman–Crippen LogP) is 3.62. The highest BCUT2D eigenvalue weighted by Crippen LogP contribution is 2.37. The van der Waals surface area contributed by atoms with Crippen molar-refractivity contribution < 1.29 is 14.6 Å². The lowest BCUT2D eigenvalue weighted by molar-refractivity contribution is 0.100. The van der Waals surface area contributed by atoms with Gasteiger partial charge < -0.3 is 14.6 Å². The molecule has 0 radical (unpaired) electrons. The van der Waals surface area contributed by atoms with Crippen LogP contribution >= 0.6 is 23.5 Å². The summed E-state index contributed by atoms with van der Waals surface area (Å²) >= 11 is 3.34. The van der Waals surface area contributed by atoms with Crippen molar-refractivity contribution >= 4 is 23.5 Å². The highest BCUT2D eigenvalue weighted by molar-refractivity contribution is 7.99. The van der Waals surface area contributed by atoms with E-state index in [0.29, 0.717) is 12.2 Å². The maximum atomic E-state index is 10.5. The predicted molar refractivity (Wildman–Crippen MR) is 104 cm³/mol. The second-order valence-electron chi connectivity index (χ2n) is 5.95. The molecule has 0 aromatic heterocycles. The number of thioether (sulfide) groups is 2. The quantitative estimate of drug-likeness (QED) is 0.750. The van der Waals surface area contributed by atoms with Crippen molar-refractivity contribution in [3.63, 3.8) is 0 Å². The molecule has 3 unspecified atom stereocenters. The van der Waals surface area contributed by atoms with Crippen LogP contribution in [0.4, 0.5) is 0 Å². The number of benzene rings is 2. The summed E-state index contributed by atoms with van der Waals surface area (Å²) < 4.78 is 11.2. The molecule has 25 heavy (non-hydrogen) atoms. The fraction of sp³-hybridized carbons (Fsp3) is 0.368. The average molecular weight is 378 g/mol. The van der Waals surface area contributed by atoms with Crippen molar-refractivity contribution in [3.05, 3.63) is 48.5 Å². The Morgan fingerprint density at radius 1 is 1.28 bits per heavy atom. The number of fused-ring (bicyclic) bond motifs is 1. The first-order valence-corrected chi connectivity index (χ1v) is 10.2. The normalized spacial score (nSPS) is 20.9. The highest BCUT2D eigenvalue weighted by Gasteiger charge is 2.27. The Kier molecular flexibility index (Phi) is 6.53. The number of methoxy groups -OCH3 is 1. The fourth-order valence-corrected chi connectivity index (χ4v) is 4.87. The van der Waals surface area contributed by atoms with Crippen LogP contribution in [0.5, 0.6) is 11.5 Å². The van der Waals surface area contributed by atoms with Crippen molar-refractivity contribution in [2.45, 2.75) is 28.5 Å². The summed E-state index contributed by atoms with van der Waals surface area (Å²) in [4.78, 5) is 2.14. The minimum absolute atomic E-state index is 0.102. The van der Waals surface area contributed by atoms with Crippen LogP contribution in [-0.4, -0.2) is 36.1 Å². The van der Waals surface area contributed by atoms with E-state index in [1.807, 2.05) is 48.5 Å². The summed E-state index contributed by atoms with van der Waals surface area (Å²) in [7, 11) is 1.66. The SMILES string of the molecule is COc1ccccc1SCC(O)CC1CSc2ccccc2OC1N. The Bertz CT molecular complexity index is 698. The molecule has 0 saturated heterocycles. The van der Waals surface area contributed by atoms with E-state index in [2.05, 4.69) is 0 Å². The molecule has 2 aromatic carbocycles. The summed E-state index contributed by atoms with van der Waals surface area (Å²) in [6, 6.07) is 15.8. The second kappa shape index (κ2) is 8.85. The molecule has 3 N–H and O–H groups in total. The van der Waals surface area contributed by atoms with Gasteiger partial charge >= 0.3 is 0 Å². The van der Waals surface area contributed by atoms with Gasteiger partial charge in [-0.3, -0.25) is 5.73 Å². The molecule has 0 amide bonds. The van der Waals surface area contributed by atoms with E-state index in [1.165, 1.54) is 0 Å². The molecule has 6 heteroatoms. The van der Waals surface area contributed by atoms with Crippen LogP contribution in [0.2, 0.25) is 0 Å². The zero-order chi connectivity index (χ0) is 17.6. The first kappa shape index (κ1) is 18.5. The third-order valence-corrected chi connectivity index (χ3v) is 6.55. The summed E-state index contributed by atoms with van der Waals surface area (Å²) in [6.07, 6.45) is -0.233. The number of aliphatic hydroxyl groups excluding tert-OH is 1. The van der Waals surface area contributed by atoms with Gasteiger partial charge in [0.2, 0.25) is 0 Å². The van der Waals surface area contributed by atoms with Crippen LogP contribution in [0.25, 0.3) is 0 Å². The molecule has 1 aliphatic heterocycles. The number of nitrogens with two attached hydrogens (primary N) is 1. The van der Waals surface area contributed by atoms with Crippen LogP contribution in [0.3, 0.4) is 0 Å². The fourth-order valence-electron chi connectivity index (χ4n) is 2.74. The molecule has 2 aromatic rings. The van der Waals surface area contributed by atoms with Gasteiger partial charge in [0.25, 0.3) is 0 Å². The van der Waals surface area contributed by atoms with E-state index < -0.39 is 12.3 Å². The summed E-state index contributed by atoms with van der Waals surface area (Å²) in [5.74, 6) is 3.21. The zero-order valence-corrected chi connectivity index (χ0v) is 15.8. The van der Waals surface area contributed by atoms with E-state index >= 15 is 0 Å². The van der Waals surface area contributed by atoms with Crippen molar-refractivity contribution in [1.82, 2.24) is 0 Å². The Morgan fingerprint density at radius 3 is 2.88 bits per heavy atom. The van der Waals surface area contributed by atoms with Gasteiger partial charge in [-0.15, -0.1) is 23.5 Å². The number of ether oxygens (including phenoxy) is 2. The largest absolute Gasteiger partial charge is 0.496 e. The van der Waals surface area contributed by atoms with Gasteiger partial charge in [0.15, 0.2) is 6.23 Å². The Balaban J connectivity index is 1.55. The zero-order valence-electron chi connectivity index (χ0n) is 14.1. The lowest BCUT2D eigenvalue weighted by atomic mass is 10.0. The molecule has 0 saturated carbocycles. The molecule has 0 spiro atoms. The van der Waals surface area contributed by atoms with Crippen LogP contribution < -0.4 is 15.2 Å². The van der Waals surface area contributed by atoms with Crippen LogP contribution in [0, 0.1) is 5.92 Å². The van der Waals surface area contributed by atoms with Crippen LogP contribution in [0.1, 0.15) is 6.42 Å². The van der Waals surface area contributed by atoms with Gasteiger partial charge in [-0.05, 0) is 30.7 Å². The monoisotopic (exact) mass is 377 g/mol. The minimum atomic E-state index is -0.448. The van der Waals surface area contributed by atoms with Gasteiger partial charge in [0, 0.05) is 27.2 Å². The third kappa shape index (κ3) is 4.85. The Morgan fingerprint density at radius 2 is 2.04 bits per heavy atom. The highest BCUT2D eigenvalue weighted by atomic mass is 32.2. The average Bonchev–Trinajstić information content (AvgIpc) is 2.79. The molecule has 0 fully saturated rings. The van der Waals surface area contributed by atoms with Crippen molar-refractivity contribution in [3.8, 4) is 11.5 Å². The molecular weight excluding hydrogens is 354 g/mol. The first-order valence-electron chi connectivity index (χ1n) is 8.25. The van der Waals surface area contributed by atoms with E-state index in [-0.39, 0.29) is 5.92 Å². The molecule has 4 nitrogen and oxygen atoms in total. The summed E-state index contributed by atoms with van der Waals surface area (Å²) in [6.45, 7) is 0. The topological polar surface area (TPSA) is 64.7 Å². The standard InChI is InChI=1S/C19H23NO3S2/c1-22-15-6-2-4-8-17(15)25-12-14(21)10-13-11-24-18-9-5-3-7-16(18)23-19(13)20/h2-9,13-14,19,21H,10-12,20H2,1H3. The van der Waals surface area contributed by atoms with Crippen LogP contribution in [0.15, 0.2) is 58.3 Å². The van der Waals surface area contributed by atoms with Gasteiger partial charge in [0.05, 0.1) is 13.2 Å². The van der Waals surface area contributed by atoms with E-state index in [9.17, 15) is 5.11 Å². The molecular formula is C19H23NO3S2. The molecule has 134 valence electrons. The van der Waals surface area contributed by atoms with Gasteiger partial charge in [-0.1, -0.05) is 24.3 Å². The number of para-hydroxylation sites is 2. The van der Waals surface area contributed by atoms with E-state index in [0.717, 1.165) is 27.0 Å². The van der Waals surface area contributed by atoms with Gasteiger partial charge in [-0.2, -0.15) is 0 Å². The van der Waals surface area contributed by atoms with Crippen molar-refractivity contribution in [2.75, 3.05) is 18.6 Å². The molecule has 1 heterocycles. The van der Waals surface area contributed by atoms with Crippen molar-refractivity contribution in [1.29, 1.82) is 0 Å². The summed E-state index contributed by atoms with van der Waals surface area (Å²) in [5, 5.41) is 10.5.